The average Bonchev–Trinajstić information content (AvgIpc) is 3.36. The third-order valence-corrected chi connectivity index (χ3v) is 4.74. The van der Waals surface area contributed by atoms with Gasteiger partial charge in [0.05, 0.1) is 19.2 Å². The Hall–Kier alpha value is -3.09. The SMILES string of the molecule is CC(C)(C)OC(=O)CCC(=O)N(Cc1ccc(C(=O)NC2CC2)cc1)Cc1ccco1. The molecule has 1 fully saturated rings. The van der Waals surface area contributed by atoms with Gasteiger partial charge in [-0.15, -0.1) is 0 Å². The lowest BCUT2D eigenvalue weighted by Gasteiger charge is -2.23. The molecule has 0 saturated heterocycles. The van der Waals surface area contributed by atoms with Crippen molar-refractivity contribution in [2.75, 3.05) is 0 Å². The van der Waals surface area contributed by atoms with E-state index in [1.54, 1.807) is 56.2 Å². The molecule has 1 aromatic heterocycles. The van der Waals surface area contributed by atoms with Crippen molar-refractivity contribution in [1.29, 1.82) is 0 Å². The van der Waals surface area contributed by atoms with Gasteiger partial charge >= 0.3 is 5.97 Å². The molecule has 0 bridgehead atoms. The summed E-state index contributed by atoms with van der Waals surface area (Å²) in [6.07, 6.45) is 3.71. The Morgan fingerprint density at radius 1 is 1.06 bits per heavy atom. The first-order chi connectivity index (χ1) is 14.7. The van der Waals surface area contributed by atoms with Crippen LogP contribution in [-0.2, 0) is 27.4 Å². The van der Waals surface area contributed by atoms with Gasteiger partial charge < -0.3 is 19.4 Å². The monoisotopic (exact) mass is 426 g/mol. The summed E-state index contributed by atoms with van der Waals surface area (Å²) in [6, 6.07) is 11.1. The molecule has 0 aliphatic heterocycles. The van der Waals surface area contributed by atoms with Gasteiger partial charge in [0.2, 0.25) is 5.91 Å². The molecule has 1 aromatic carbocycles. The minimum Gasteiger partial charge on any atom is -0.467 e. The lowest BCUT2D eigenvalue weighted by molar-refractivity contribution is -0.156. The first-order valence-corrected chi connectivity index (χ1v) is 10.6. The minimum absolute atomic E-state index is 0.0189. The molecule has 1 N–H and O–H groups in total. The van der Waals surface area contributed by atoms with Crippen molar-refractivity contribution in [3.8, 4) is 0 Å². The zero-order chi connectivity index (χ0) is 22.4. The predicted octanol–water partition coefficient (Wildman–Crippen LogP) is 3.82. The molecular formula is C24H30N2O5. The second-order valence-corrected chi connectivity index (χ2v) is 8.86. The van der Waals surface area contributed by atoms with Crippen LogP contribution in [0.2, 0.25) is 0 Å². The number of carbonyl (C=O) groups excluding carboxylic acids is 3. The normalized spacial score (nSPS) is 13.5. The first-order valence-electron chi connectivity index (χ1n) is 10.6. The molecule has 1 aliphatic carbocycles. The van der Waals surface area contributed by atoms with Gasteiger partial charge in [-0.3, -0.25) is 14.4 Å². The number of rotatable bonds is 9. The van der Waals surface area contributed by atoms with E-state index in [9.17, 15) is 14.4 Å². The van der Waals surface area contributed by atoms with Crippen LogP contribution in [0.1, 0.15) is 68.1 Å². The molecule has 7 heteroatoms. The fraction of sp³-hybridized carbons (Fsp3) is 0.458. The van der Waals surface area contributed by atoms with E-state index in [4.69, 9.17) is 9.15 Å². The summed E-state index contributed by atoms with van der Waals surface area (Å²) in [5.74, 6) is 0.0172. The molecule has 3 rings (SSSR count). The quantitative estimate of drug-likeness (QED) is 0.616. The van der Waals surface area contributed by atoms with Crippen LogP contribution in [-0.4, -0.2) is 34.3 Å². The van der Waals surface area contributed by atoms with Crippen LogP contribution in [0.25, 0.3) is 0 Å². The van der Waals surface area contributed by atoms with Gasteiger partial charge in [-0.2, -0.15) is 0 Å². The van der Waals surface area contributed by atoms with Crippen LogP contribution in [0.15, 0.2) is 47.1 Å². The maximum Gasteiger partial charge on any atom is 0.306 e. The number of furan rings is 1. The van der Waals surface area contributed by atoms with Crippen molar-refractivity contribution < 1.29 is 23.5 Å². The summed E-state index contributed by atoms with van der Waals surface area (Å²) in [5.41, 5.74) is 0.909. The molecule has 0 radical (unpaired) electrons. The van der Waals surface area contributed by atoms with Gasteiger partial charge in [-0.1, -0.05) is 12.1 Å². The van der Waals surface area contributed by atoms with Gasteiger partial charge in [-0.25, -0.2) is 0 Å². The standard InChI is InChI=1S/C24H30N2O5/c1-24(2,3)31-22(28)13-12-21(27)26(16-20-5-4-14-30-20)15-17-6-8-18(9-7-17)23(29)25-19-10-11-19/h4-9,14,19H,10-13,15-16H2,1-3H3,(H,25,29). The van der Waals surface area contributed by atoms with E-state index in [0.29, 0.717) is 30.5 Å². The maximum absolute atomic E-state index is 12.9. The molecule has 166 valence electrons. The molecule has 7 nitrogen and oxygen atoms in total. The van der Waals surface area contributed by atoms with E-state index in [1.807, 2.05) is 12.1 Å². The van der Waals surface area contributed by atoms with Crippen molar-refractivity contribution >= 4 is 17.8 Å². The van der Waals surface area contributed by atoms with Crippen LogP contribution in [0.3, 0.4) is 0 Å². The molecular weight excluding hydrogens is 396 g/mol. The Morgan fingerprint density at radius 2 is 1.77 bits per heavy atom. The van der Waals surface area contributed by atoms with Gasteiger partial charge in [0, 0.05) is 24.6 Å². The van der Waals surface area contributed by atoms with E-state index >= 15 is 0 Å². The number of nitrogens with zero attached hydrogens (tertiary/aromatic N) is 1. The fourth-order valence-corrected chi connectivity index (χ4v) is 3.06. The molecule has 1 heterocycles. The summed E-state index contributed by atoms with van der Waals surface area (Å²) >= 11 is 0. The highest BCUT2D eigenvalue weighted by atomic mass is 16.6. The van der Waals surface area contributed by atoms with Crippen LogP contribution in [0.5, 0.6) is 0 Å². The van der Waals surface area contributed by atoms with E-state index in [1.165, 1.54) is 0 Å². The molecule has 31 heavy (non-hydrogen) atoms. The lowest BCUT2D eigenvalue weighted by atomic mass is 10.1. The number of amides is 2. The number of nitrogens with one attached hydrogen (secondary N) is 1. The van der Waals surface area contributed by atoms with E-state index in [-0.39, 0.29) is 24.7 Å². The van der Waals surface area contributed by atoms with Gasteiger partial charge in [-0.05, 0) is 63.4 Å². The average molecular weight is 427 g/mol. The molecule has 1 saturated carbocycles. The Morgan fingerprint density at radius 3 is 2.35 bits per heavy atom. The molecule has 0 unspecified atom stereocenters. The third-order valence-electron chi connectivity index (χ3n) is 4.74. The fourth-order valence-electron chi connectivity index (χ4n) is 3.06. The van der Waals surface area contributed by atoms with Gasteiger partial charge in [0.15, 0.2) is 0 Å². The van der Waals surface area contributed by atoms with Crippen molar-refractivity contribution in [2.24, 2.45) is 0 Å². The molecule has 2 aromatic rings. The van der Waals surface area contributed by atoms with Gasteiger partial charge in [0.1, 0.15) is 11.4 Å². The Bertz CT molecular complexity index is 893. The number of benzene rings is 1. The maximum atomic E-state index is 12.9. The lowest BCUT2D eigenvalue weighted by Crippen LogP contribution is -2.31. The number of carbonyl (C=O) groups is 3. The highest BCUT2D eigenvalue weighted by Gasteiger charge is 2.24. The van der Waals surface area contributed by atoms with Crippen LogP contribution in [0, 0.1) is 0 Å². The van der Waals surface area contributed by atoms with Crippen molar-refractivity contribution in [1.82, 2.24) is 10.2 Å². The second kappa shape index (κ2) is 9.81. The van der Waals surface area contributed by atoms with Crippen molar-refractivity contribution in [2.45, 2.75) is 71.2 Å². The van der Waals surface area contributed by atoms with Crippen LogP contribution < -0.4 is 5.32 Å². The van der Waals surface area contributed by atoms with E-state index < -0.39 is 11.6 Å². The van der Waals surface area contributed by atoms with Crippen molar-refractivity contribution in [3.63, 3.8) is 0 Å². The first kappa shape index (κ1) is 22.6. The third kappa shape index (κ3) is 7.59. The van der Waals surface area contributed by atoms with Crippen molar-refractivity contribution in [3.05, 3.63) is 59.5 Å². The van der Waals surface area contributed by atoms with Crippen LogP contribution in [0.4, 0.5) is 0 Å². The zero-order valence-electron chi connectivity index (χ0n) is 18.3. The highest BCUT2D eigenvalue weighted by Crippen LogP contribution is 2.20. The topological polar surface area (TPSA) is 88.9 Å². The second-order valence-electron chi connectivity index (χ2n) is 8.86. The Labute approximate surface area is 182 Å². The molecule has 0 spiro atoms. The minimum atomic E-state index is -0.582. The van der Waals surface area contributed by atoms with E-state index in [0.717, 1.165) is 18.4 Å². The summed E-state index contributed by atoms with van der Waals surface area (Å²) in [6.45, 7) is 6.03. The molecule has 1 aliphatic rings. The Kier molecular flexibility index (Phi) is 7.15. The predicted molar refractivity (Wildman–Crippen MR) is 115 cm³/mol. The van der Waals surface area contributed by atoms with Crippen LogP contribution >= 0.6 is 0 Å². The summed E-state index contributed by atoms with van der Waals surface area (Å²) in [5, 5.41) is 2.96. The largest absolute Gasteiger partial charge is 0.467 e. The smallest absolute Gasteiger partial charge is 0.306 e. The number of hydrogen-bond donors (Lipinski definition) is 1. The number of ether oxygens (including phenoxy) is 1. The number of hydrogen-bond acceptors (Lipinski definition) is 5. The van der Waals surface area contributed by atoms with E-state index in [2.05, 4.69) is 5.32 Å². The van der Waals surface area contributed by atoms with Gasteiger partial charge in [0.25, 0.3) is 5.91 Å². The summed E-state index contributed by atoms with van der Waals surface area (Å²) < 4.78 is 10.7. The zero-order valence-corrected chi connectivity index (χ0v) is 18.3. The molecule has 0 atom stereocenters. The summed E-state index contributed by atoms with van der Waals surface area (Å²) in [7, 11) is 0. The number of esters is 1. The highest BCUT2D eigenvalue weighted by molar-refractivity contribution is 5.94. The molecule has 2 amide bonds. The Balaban J connectivity index is 1.62. The summed E-state index contributed by atoms with van der Waals surface area (Å²) in [4.78, 5) is 38.7.